The Morgan fingerprint density at radius 2 is 2.38 bits per heavy atom. The maximum atomic E-state index is 11.4. The summed E-state index contributed by atoms with van der Waals surface area (Å²) in [5.41, 5.74) is 0.0983. The molecule has 2 amide bonds. The summed E-state index contributed by atoms with van der Waals surface area (Å²) in [5.74, 6) is 0.110. The van der Waals surface area contributed by atoms with Crippen molar-refractivity contribution in [2.75, 3.05) is 26.2 Å². The van der Waals surface area contributed by atoms with Crippen LogP contribution in [0.1, 0.15) is 12.8 Å². The van der Waals surface area contributed by atoms with E-state index in [4.69, 9.17) is 4.74 Å². The van der Waals surface area contributed by atoms with Gasteiger partial charge in [0.05, 0.1) is 0 Å². The van der Waals surface area contributed by atoms with E-state index >= 15 is 0 Å². The molecule has 0 aromatic carbocycles. The molecule has 0 aliphatic carbocycles. The number of nitrogens with one attached hydrogen (secondary N) is 1. The Balaban J connectivity index is 1.78. The SMILES string of the molecule is C=CCOC(=O)N1CC2(CCC(=O)NC2)C1. The van der Waals surface area contributed by atoms with Crippen LogP contribution in [0, 0.1) is 5.41 Å². The van der Waals surface area contributed by atoms with E-state index in [2.05, 4.69) is 11.9 Å². The Morgan fingerprint density at radius 3 is 2.94 bits per heavy atom. The molecular formula is C11H16N2O3. The highest BCUT2D eigenvalue weighted by Gasteiger charge is 2.47. The van der Waals surface area contributed by atoms with E-state index in [1.165, 1.54) is 0 Å². The van der Waals surface area contributed by atoms with Crippen molar-refractivity contribution < 1.29 is 14.3 Å². The van der Waals surface area contributed by atoms with Crippen LogP contribution < -0.4 is 5.32 Å². The zero-order valence-corrected chi connectivity index (χ0v) is 9.20. The second kappa shape index (κ2) is 4.15. The molecule has 2 fully saturated rings. The lowest BCUT2D eigenvalue weighted by molar-refractivity contribution is -0.127. The van der Waals surface area contributed by atoms with Gasteiger partial charge >= 0.3 is 6.09 Å². The van der Waals surface area contributed by atoms with E-state index in [1.54, 1.807) is 11.0 Å². The highest BCUT2D eigenvalue weighted by Crippen LogP contribution is 2.36. The number of nitrogens with zero attached hydrogens (tertiary/aromatic N) is 1. The summed E-state index contributed by atoms with van der Waals surface area (Å²) < 4.78 is 4.93. The predicted octanol–water partition coefficient (Wildman–Crippen LogP) is 0.521. The monoisotopic (exact) mass is 224 g/mol. The van der Waals surface area contributed by atoms with Gasteiger partial charge in [-0.05, 0) is 6.42 Å². The second-order valence-corrected chi connectivity index (χ2v) is 4.50. The summed E-state index contributed by atoms with van der Waals surface area (Å²) in [6.45, 7) is 5.78. The number of likely N-dealkylation sites (tertiary alicyclic amines) is 1. The quantitative estimate of drug-likeness (QED) is 0.696. The van der Waals surface area contributed by atoms with Gasteiger partial charge in [-0.3, -0.25) is 4.79 Å². The van der Waals surface area contributed by atoms with Gasteiger partial charge in [-0.15, -0.1) is 0 Å². The van der Waals surface area contributed by atoms with Crippen molar-refractivity contribution in [2.45, 2.75) is 12.8 Å². The molecule has 0 radical (unpaired) electrons. The molecule has 0 unspecified atom stereocenters. The molecule has 0 atom stereocenters. The van der Waals surface area contributed by atoms with Crippen molar-refractivity contribution in [3.05, 3.63) is 12.7 Å². The minimum atomic E-state index is -0.289. The fourth-order valence-corrected chi connectivity index (χ4v) is 2.23. The molecule has 16 heavy (non-hydrogen) atoms. The first-order valence-corrected chi connectivity index (χ1v) is 5.44. The zero-order valence-electron chi connectivity index (χ0n) is 9.20. The van der Waals surface area contributed by atoms with Gasteiger partial charge in [-0.2, -0.15) is 0 Å². The fourth-order valence-electron chi connectivity index (χ4n) is 2.23. The first-order chi connectivity index (χ1) is 7.65. The number of carbonyl (C=O) groups is 2. The van der Waals surface area contributed by atoms with Crippen LogP contribution >= 0.6 is 0 Å². The van der Waals surface area contributed by atoms with Crippen LogP contribution in [-0.4, -0.2) is 43.1 Å². The number of hydrogen-bond donors (Lipinski definition) is 1. The van der Waals surface area contributed by atoms with Gasteiger partial charge in [0.15, 0.2) is 0 Å². The molecule has 2 aliphatic heterocycles. The maximum absolute atomic E-state index is 11.4. The lowest BCUT2D eigenvalue weighted by Crippen LogP contribution is -2.64. The summed E-state index contributed by atoms with van der Waals surface area (Å²) in [6.07, 6.45) is 2.69. The van der Waals surface area contributed by atoms with Crippen LogP contribution in [0.3, 0.4) is 0 Å². The number of carbonyl (C=O) groups excluding carboxylic acids is 2. The molecule has 2 saturated heterocycles. The Kier molecular flexibility index (Phi) is 2.85. The molecule has 5 heteroatoms. The Morgan fingerprint density at radius 1 is 1.62 bits per heavy atom. The Bertz CT molecular complexity index is 309. The first-order valence-electron chi connectivity index (χ1n) is 5.44. The van der Waals surface area contributed by atoms with Crippen LogP contribution in [0.2, 0.25) is 0 Å². The van der Waals surface area contributed by atoms with E-state index < -0.39 is 0 Å². The molecule has 0 aromatic heterocycles. The van der Waals surface area contributed by atoms with E-state index in [0.29, 0.717) is 26.1 Å². The molecule has 0 aromatic rings. The largest absolute Gasteiger partial charge is 0.445 e. The number of piperidine rings is 1. The summed E-state index contributed by atoms with van der Waals surface area (Å²) >= 11 is 0. The Hall–Kier alpha value is -1.52. The average molecular weight is 224 g/mol. The van der Waals surface area contributed by atoms with Crippen LogP contribution in [0.4, 0.5) is 4.79 Å². The van der Waals surface area contributed by atoms with Crippen molar-refractivity contribution in [3.8, 4) is 0 Å². The molecular weight excluding hydrogens is 208 g/mol. The first kappa shape index (κ1) is 11.0. The third kappa shape index (κ3) is 2.03. The van der Waals surface area contributed by atoms with Gasteiger partial charge in [-0.1, -0.05) is 12.7 Å². The lowest BCUT2D eigenvalue weighted by Gasteiger charge is -2.51. The van der Waals surface area contributed by atoms with Gasteiger partial charge < -0.3 is 15.0 Å². The number of rotatable bonds is 2. The molecule has 2 rings (SSSR count). The van der Waals surface area contributed by atoms with E-state index in [0.717, 1.165) is 6.42 Å². The molecule has 88 valence electrons. The Labute approximate surface area is 94.4 Å². The van der Waals surface area contributed by atoms with Gasteiger partial charge in [0.1, 0.15) is 6.61 Å². The van der Waals surface area contributed by atoms with Crippen molar-refractivity contribution >= 4 is 12.0 Å². The molecule has 0 saturated carbocycles. The van der Waals surface area contributed by atoms with E-state index in [-0.39, 0.29) is 24.0 Å². The zero-order chi connectivity index (χ0) is 11.6. The van der Waals surface area contributed by atoms with Gasteiger partial charge in [-0.25, -0.2) is 4.79 Å². The normalized spacial score (nSPS) is 22.2. The van der Waals surface area contributed by atoms with Crippen LogP contribution in [0.5, 0.6) is 0 Å². The summed E-state index contributed by atoms with van der Waals surface area (Å²) in [7, 11) is 0. The number of ether oxygens (including phenoxy) is 1. The molecule has 1 spiro atoms. The van der Waals surface area contributed by atoms with Gasteiger partial charge in [0.2, 0.25) is 5.91 Å². The third-order valence-corrected chi connectivity index (χ3v) is 3.18. The number of amides is 2. The van der Waals surface area contributed by atoms with E-state index in [9.17, 15) is 9.59 Å². The molecule has 0 bridgehead atoms. The molecule has 2 heterocycles. The highest BCUT2D eigenvalue weighted by molar-refractivity contribution is 5.77. The predicted molar refractivity (Wildman–Crippen MR) is 57.8 cm³/mol. The van der Waals surface area contributed by atoms with Crippen molar-refractivity contribution in [1.29, 1.82) is 0 Å². The topological polar surface area (TPSA) is 58.6 Å². The van der Waals surface area contributed by atoms with Gasteiger partial charge in [0, 0.05) is 31.5 Å². The highest BCUT2D eigenvalue weighted by atomic mass is 16.6. The van der Waals surface area contributed by atoms with Gasteiger partial charge in [0.25, 0.3) is 0 Å². The van der Waals surface area contributed by atoms with Crippen molar-refractivity contribution in [3.63, 3.8) is 0 Å². The van der Waals surface area contributed by atoms with Crippen LogP contribution in [0.15, 0.2) is 12.7 Å². The van der Waals surface area contributed by atoms with Crippen molar-refractivity contribution in [1.82, 2.24) is 10.2 Å². The van der Waals surface area contributed by atoms with Crippen molar-refractivity contribution in [2.24, 2.45) is 5.41 Å². The molecule has 5 nitrogen and oxygen atoms in total. The number of hydrogen-bond acceptors (Lipinski definition) is 3. The summed E-state index contributed by atoms with van der Waals surface area (Å²) in [5, 5.41) is 2.84. The van der Waals surface area contributed by atoms with Crippen LogP contribution in [0.25, 0.3) is 0 Å². The third-order valence-electron chi connectivity index (χ3n) is 3.18. The smallest absolute Gasteiger partial charge is 0.410 e. The standard InChI is InChI=1S/C11H16N2O3/c1-2-5-16-10(15)13-7-11(8-13)4-3-9(14)12-6-11/h2H,1,3-8H2,(H,12,14). The molecule has 1 N–H and O–H groups in total. The van der Waals surface area contributed by atoms with Crippen LogP contribution in [-0.2, 0) is 9.53 Å². The minimum Gasteiger partial charge on any atom is -0.445 e. The summed E-state index contributed by atoms with van der Waals surface area (Å²) in [4.78, 5) is 24.1. The fraction of sp³-hybridized carbons (Fsp3) is 0.636. The average Bonchev–Trinajstić information content (AvgIpc) is 2.24. The molecule has 2 aliphatic rings. The maximum Gasteiger partial charge on any atom is 0.410 e. The van der Waals surface area contributed by atoms with E-state index in [1.807, 2.05) is 0 Å². The summed E-state index contributed by atoms with van der Waals surface area (Å²) in [6, 6.07) is 0. The lowest BCUT2D eigenvalue weighted by atomic mass is 9.74. The minimum absolute atomic E-state index is 0.0983. The second-order valence-electron chi connectivity index (χ2n) is 4.50.